The highest BCUT2D eigenvalue weighted by molar-refractivity contribution is 5.25. The maximum atomic E-state index is 5.76. The van der Waals surface area contributed by atoms with Crippen LogP contribution in [0.5, 0.6) is 11.8 Å². The van der Waals surface area contributed by atoms with Crippen molar-refractivity contribution >= 4 is 0 Å². The van der Waals surface area contributed by atoms with Gasteiger partial charge in [0, 0.05) is 37.5 Å². The van der Waals surface area contributed by atoms with Gasteiger partial charge in [0.05, 0.1) is 5.69 Å². The molecule has 0 amide bonds. The van der Waals surface area contributed by atoms with Crippen molar-refractivity contribution in [1.82, 2.24) is 20.1 Å². The smallest absolute Gasteiger partial charge is 0.221 e. The molecule has 0 aliphatic carbocycles. The first-order valence-corrected chi connectivity index (χ1v) is 6.72. The van der Waals surface area contributed by atoms with Crippen LogP contribution in [-0.2, 0) is 13.6 Å². The third-order valence-corrected chi connectivity index (χ3v) is 2.79. The van der Waals surface area contributed by atoms with Gasteiger partial charge in [-0.25, -0.2) is 9.67 Å². The first kappa shape index (κ1) is 14.5. The van der Waals surface area contributed by atoms with E-state index in [9.17, 15) is 0 Å². The SMILES string of the molecule is Cc1cc(Oc2cc(CNC(C)(C)C)ccn2)n(C)n1. The summed E-state index contributed by atoms with van der Waals surface area (Å²) in [4.78, 5) is 4.24. The van der Waals surface area contributed by atoms with E-state index in [4.69, 9.17) is 4.74 Å². The average molecular weight is 274 g/mol. The first-order chi connectivity index (χ1) is 9.33. The first-order valence-electron chi connectivity index (χ1n) is 6.72. The predicted octanol–water partition coefficient (Wildman–Crippen LogP) is 2.80. The lowest BCUT2D eigenvalue weighted by atomic mass is 10.1. The van der Waals surface area contributed by atoms with Crippen LogP contribution in [0.2, 0.25) is 0 Å². The van der Waals surface area contributed by atoms with Crippen molar-refractivity contribution in [3.8, 4) is 11.8 Å². The van der Waals surface area contributed by atoms with E-state index in [2.05, 4.69) is 36.2 Å². The molecule has 108 valence electrons. The quantitative estimate of drug-likeness (QED) is 0.931. The summed E-state index contributed by atoms with van der Waals surface area (Å²) in [5, 5.41) is 7.69. The minimum atomic E-state index is 0.0867. The van der Waals surface area contributed by atoms with Crippen LogP contribution in [-0.4, -0.2) is 20.3 Å². The molecule has 5 heteroatoms. The molecular formula is C15H22N4O. The minimum Gasteiger partial charge on any atom is -0.421 e. The number of nitrogens with zero attached hydrogens (tertiary/aromatic N) is 3. The highest BCUT2D eigenvalue weighted by Crippen LogP contribution is 2.20. The van der Waals surface area contributed by atoms with Crippen molar-refractivity contribution < 1.29 is 4.74 Å². The Morgan fingerprint density at radius 3 is 2.65 bits per heavy atom. The summed E-state index contributed by atoms with van der Waals surface area (Å²) in [5.74, 6) is 1.28. The number of nitrogens with one attached hydrogen (secondary N) is 1. The Bertz CT molecular complexity index is 584. The fourth-order valence-corrected chi connectivity index (χ4v) is 1.77. The minimum absolute atomic E-state index is 0.0867. The van der Waals surface area contributed by atoms with Crippen molar-refractivity contribution in [2.24, 2.45) is 7.05 Å². The van der Waals surface area contributed by atoms with Crippen molar-refractivity contribution in [2.75, 3.05) is 0 Å². The summed E-state index contributed by atoms with van der Waals surface area (Å²) in [7, 11) is 1.85. The van der Waals surface area contributed by atoms with Gasteiger partial charge in [-0.1, -0.05) is 0 Å². The molecule has 0 unspecified atom stereocenters. The third-order valence-electron chi connectivity index (χ3n) is 2.79. The molecule has 2 aromatic rings. The molecule has 0 saturated carbocycles. The lowest BCUT2D eigenvalue weighted by Gasteiger charge is -2.20. The van der Waals surface area contributed by atoms with Crippen molar-refractivity contribution in [3.05, 3.63) is 35.7 Å². The van der Waals surface area contributed by atoms with E-state index in [0.717, 1.165) is 17.8 Å². The fraction of sp³-hybridized carbons (Fsp3) is 0.467. The topological polar surface area (TPSA) is 52.0 Å². The Labute approximate surface area is 120 Å². The van der Waals surface area contributed by atoms with Crippen LogP contribution in [0.15, 0.2) is 24.4 Å². The summed E-state index contributed by atoms with van der Waals surface area (Å²) < 4.78 is 7.47. The van der Waals surface area contributed by atoms with Crippen LogP contribution in [0.4, 0.5) is 0 Å². The number of ether oxygens (including phenoxy) is 1. The van der Waals surface area contributed by atoms with Gasteiger partial charge in [0.15, 0.2) is 0 Å². The number of hydrogen-bond donors (Lipinski definition) is 1. The fourth-order valence-electron chi connectivity index (χ4n) is 1.77. The molecule has 0 radical (unpaired) electrons. The van der Waals surface area contributed by atoms with Gasteiger partial charge in [0.1, 0.15) is 0 Å². The summed E-state index contributed by atoms with van der Waals surface area (Å²) in [6, 6.07) is 5.82. The van der Waals surface area contributed by atoms with E-state index in [0.29, 0.717) is 11.8 Å². The Morgan fingerprint density at radius 2 is 2.05 bits per heavy atom. The Kier molecular flexibility index (Phi) is 4.09. The van der Waals surface area contributed by atoms with Crippen molar-refractivity contribution in [2.45, 2.75) is 39.8 Å². The number of pyridine rings is 1. The number of rotatable bonds is 4. The predicted molar refractivity (Wildman–Crippen MR) is 78.8 cm³/mol. The van der Waals surface area contributed by atoms with Gasteiger partial charge in [-0.2, -0.15) is 5.10 Å². The van der Waals surface area contributed by atoms with Crippen molar-refractivity contribution in [1.29, 1.82) is 0 Å². The molecule has 1 N–H and O–H groups in total. The third kappa shape index (κ3) is 4.06. The zero-order valence-electron chi connectivity index (χ0n) is 12.8. The summed E-state index contributed by atoms with van der Waals surface area (Å²) in [6.07, 6.45) is 1.76. The standard InChI is InChI=1S/C15H22N4O/c1-11-8-14(19(5)18-11)20-13-9-12(6-7-16-13)10-17-15(2,3)4/h6-9,17H,10H2,1-5H3. The summed E-state index contributed by atoms with van der Waals surface area (Å²) in [5.41, 5.74) is 2.15. The number of aryl methyl sites for hydroxylation is 2. The summed E-state index contributed by atoms with van der Waals surface area (Å²) in [6.45, 7) is 9.15. The molecule has 20 heavy (non-hydrogen) atoms. The second-order valence-corrected chi connectivity index (χ2v) is 5.96. The zero-order chi connectivity index (χ0) is 14.8. The van der Waals surface area contributed by atoms with Gasteiger partial charge in [0.2, 0.25) is 11.8 Å². The van der Waals surface area contributed by atoms with Crippen molar-refractivity contribution in [3.63, 3.8) is 0 Å². The van der Waals surface area contributed by atoms with Crippen LogP contribution in [0, 0.1) is 6.92 Å². The maximum absolute atomic E-state index is 5.76. The molecule has 2 heterocycles. The maximum Gasteiger partial charge on any atom is 0.221 e. The molecule has 0 atom stereocenters. The Balaban J connectivity index is 2.08. The number of aromatic nitrogens is 3. The monoisotopic (exact) mass is 274 g/mol. The van der Waals surface area contributed by atoms with Gasteiger partial charge in [-0.05, 0) is 39.3 Å². The van der Waals surface area contributed by atoms with Gasteiger partial charge in [-0.15, -0.1) is 0 Å². The molecule has 0 spiro atoms. The van der Waals surface area contributed by atoms with Crippen LogP contribution < -0.4 is 10.1 Å². The zero-order valence-corrected chi connectivity index (χ0v) is 12.8. The van der Waals surface area contributed by atoms with E-state index in [1.54, 1.807) is 10.9 Å². The number of hydrogen-bond acceptors (Lipinski definition) is 4. The highest BCUT2D eigenvalue weighted by atomic mass is 16.5. The van der Waals surface area contributed by atoms with Crippen LogP contribution in [0.25, 0.3) is 0 Å². The molecule has 2 rings (SSSR count). The van der Waals surface area contributed by atoms with E-state index < -0.39 is 0 Å². The van der Waals surface area contributed by atoms with Gasteiger partial charge in [0.25, 0.3) is 0 Å². The van der Waals surface area contributed by atoms with E-state index >= 15 is 0 Å². The van der Waals surface area contributed by atoms with Crippen LogP contribution in [0.3, 0.4) is 0 Å². The normalized spacial score (nSPS) is 11.7. The lowest BCUT2D eigenvalue weighted by Crippen LogP contribution is -2.35. The molecular weight excluding hydrogens is 252 g/mol. The molecule has 0 saturated heterocycles. The molecule has 0 aliphatic heterocycles. The second-order valence-electron chi connectivity index (χ2n) is 5.96. The van der Waals surface area contributed by atoms with E-state index in [1.165, 1.54) is 0 Å². The second kappa shape index (κ2) is 5.63. The summed E-state index contributed by atoms with van der Waals surface area (Å²) >= 11 is 0. The Morgan fingerprint density at radius 1 is 1.30 bits per heavy atom. The molecule has 5 nitrogen and oxygen atoms in total. The van der Waals surface area contributed by atoms with Crippen LogP contribution >= 0.6 is 0 Å². The van der Waals surface area contributed by atoms with Gasteiger partial charge in [-0.3, -0.25) is 0 Å². The van der Waals surface area contributed by atoms with Crippen LogP contribution in [0.1, 0.15) is 32.0 Å². The van der Waals surface area contributed by atoms with Gasteiger partial charge >= 0.3 is 0 Å². The van der Waals surface area contributed by atoms with Gasteiger partial charge < -0.3 is 10.1 Å². The largest absolute Gasteiger partial charge is 0.421 e. The average Bonchev–Trinajstić information content (AvgIpc) is 2.65. The molecule has 0 bridgehead atoms. The molecule has 0 fully saturated rings. The molecule has 0 aliphatic rings. The lowest BCUT2D eigenvalue weighted by molar-refractivity contribution is 0.409. The van der Waals surface area contributed by atoms with E-state index in [1.807, 2.05) is 32.2 Å². The molecule has 0 aromatic carbocycles. The highest BCUT2D eigenvalue weighted by Gasteiger charge is 2.10. The van der Waals surface area contributed by atoms with E-state index in [-0.39, 0.29) is 5.54 Å². The Hall–Kier alpha value is -1.88. The molecule has 2 aromatic heterocycles.